The van der Waals surface area contributed by atoms with Gasteiger partial charge in [0.1, 0.15) is 11.5 Å². The van der Waals surface area contributed by atoms with E-state index in [0.29, 0.717) is 34.1 Å². The molecule has 0 saturated heterocycles. The van der Waals surface area contributed by atoms with Crippen molar-refractivity contribution >= 4 is 11.8 Å². The SMILES string of the molecule is CCc1ccc(-n2c(SCc3nc(-c4ccc(OC)cc4OC)no3)nnc2-c2ccncc2)cc1. The fourth-order valence-electron chi connectivity index (χ4n) is 3.70. The molecular weight excluding hydrogens is 476 g/mol. The highest BCUT2D eigenvalue weighted by Crippen LogP contribution is 2.33. The molecule has 9 nitrogen and oxygen atoms in total. The summed E-state index contributed by atoms with van der Waals surface area (Å²) in [5, 5.41) is 13.8. The van der Waals surface area contributed by atoms with Crippen LogP contribution in [0.5, 0.6) is 11.5 Å². The third kappa shape index (κ3) is 4.80. The van der Waals surface area contributed by atoms with Crippen LogP contribution in [0.2, 0.25) is 0 Å². The highest BCUT2D eigenvalue weighted by molar-refractivity contribution is 7.98. The molecule has 2 aromatic carbocycles. The van der Waals surface area contributed by atoms with Crippen LogP contribution in [0.25, 0.3) is 28.5 Å². The lowest BCUT2D eigenvalue weighted by Gasteiger charge is -2.10. The van der Waals surface area contributed by atoms with E-state index in [1.54, 1.807) is 32.7 Å². The standard InChI is InChI=1S/C26H24N6O3S/c1-4-17-5-7-19(8-6-17)32-25(18-11-13-27-14-12-18)29-30-26(32)36-16-23-28-24(31-35-23)21-10-9-20(33-2)15-22(21)34-3/h5-15H,4,16H2,1-3H3. The Hall–Kier alpha value is -4.18. The molecule has 3 heterocycles. The molecule has 5 aromatic rings. The third-order valence-electron chi connectivity index (χ3n) is 5.62. The number of aromatic nitrogens is 6. The van der Waals surface area contributed by atoms with Crippen molar-refractivity contribution in [2.75, 3.05) is 14.2 Å². The molecular formula is C26H24N6O3S. The highest BCUT2D eigenvalue weighted by atomic mass is 32.2. The van der Waals surface area contributed by atoms with Crippen molar-refractivity contribution < 1.29 is 14.0 Å². The summed E-state index contributed by atoms with van der Waals surface area (Å²) >= 11 is 1.47. The number of hydrogen-bond acceptors (Lipinski definition) is 9. The lowest BCUT2D eigenvalue weighted by Crippen LogP contribution is -2.00. The molecule has 10 heteroatoms. The first kappa shape index (κ1) is 23.6. The van der Waals surface area contributed by atoms with E-state index < -0.39 is 0 Å². The molecule has 0 N–H and O–H groups in total. The number of ether oxygens (including phenoxy) is 2. The Kier molecular flexibility index (Phi) is 6.94. The maximum Gasteiger partial charge on any atom is 0.237 e. The first-order chi connectivity index (χ1) is 17.7. The number of aryl methyl sites for hydroxylation is 1. The second kappa shape index (κ2) is 10.6. The van der Waals surface area contributed by atoms with Crippen molar-refractivity contribution in [1.29, 1.82) is 0 Å². The van der Waals surface area contributed by atoms with Gasteiger partial charge in [-0.3, -0.25) is 9.55 Å². The van der Waals surface area contributed by atoms with Gasteiger partial charge in [0.2, 0.25) is 11.7 Å². The van der Waals surface area contributed by atoms with Gasteiger partial charge in [-0.2, -0.15) is 4.98 Å². The summed E-state index contributed by atoms with van der Waals surface area (Å²) in [6.07, 6.45) is 4.46. The lowest BCUT2D eigenvalue weighted by molar-refractivity contribution is 0.388. The predicted octanol–water partition coefficient (Wildman–Crippen LogP) is 5.25. The summed E-state index contributed by atoms with van der Waals surface area (Å²) < 4.78 is 18.3. The van der Waals surface area contributed by atoms with Crippen molar-refractivity contribution in [1.82, 2.24) is 29.9 Å². The van der Waals surface area contributed by atoms with Gasteiger partial charge in [-0.15, -0.1) is 10.2 Å². The molecule has 0 unspecified atom stereocenters. The van der Waals surface area contributed by atoms with Gasteiger partial charge < -0.3 is 14.0 Å². The Morgan fingerprint density at radius 1 is 0.944 bits per heavy atom. The van der Waals surface area contributed by atoms with Gasteiger partial charge in [-0.25, -0.2) is 0 Å². The van der Waals surface area contributed by atoms with Crippen LogP contribution >= 0.6 is 11.8 Å². The normalized spacial score (nSPS) is 11.0. The minimum atomic E-state index is 0.424. The summed E-state index contributed by atoms with van der Waals surface area (Å²) in [6, 6.07) is 17.7. The van der Waals surface area contributed by atoms with Gasteiger partial charge in [0, 0.05) is 29.7 Å². The topological polar surface area (TPSA) is 101 Å². The molecule has 0 spiro atoms. The average Bonchev–Trinajstić information content (AvgIpc) is 3.59. The molecule has 0 saturated carbocycles. The van der Waals surface area contributed by atoms with Gasteiger partial charge >= 0.3 is 0 Å². The first-order valence-electron chi connectivity index (χ1n) is 11.3. The van der Waals surface area contributed by atoms with Crippen molar-refractivity contribution in [3.8, 4) is 40.0 Å². The molecule has 0 fully saturated rings. The van der Waals surface area contributed by atoms with Gasteiger partial charge in [-0.05, 0) is 48.4 Å². The Labute approximate surface area is 212 Å². The van der Waals surface area contributed by atoms with Crippen LogP contribution in [-0.2, 0) is 12.2 Å². The van der Waals surface area contributed by atoms with Crippen LogP contribution in [0, 0.1) is 0 Å². The number of hydrogen-bond donors (Lipinski definition) is 0. The largest absolute Gasteiger partial charge is 0.497 e. The van der Waals surface area contributed by atoms with E-state index in [4.69, 9.17) is 14.0 Å². The van der Waals surface area contributed by atoms with Crippen molar-refractivity contribution in [2.45, 2.75) is 24.3 Å². The minimum absolute atomic E-state index is 0.424. The Morgan fingerprint density at radius 2 is 1.75 bits per heavy atom. The molecule has 3 aromatic heterocycles. The molecule has 0 aliphatic heterocycles. The zero-order chi connectivity index (χ0) is 24.9. The Bertz CT molecular complexity index is 1450. The fraction of sp³-hybridized carbons (Fsp3) is 0.192. The zero-order valence-corrected chi connectivity index (χ0v) is 20.9. The predicted molar refractivity (Wildman–Crippen MR) is 136 cm³/mol. The van der Waals surface area contributed by atoms with E-state index in [0.717, 1.165) is 29.1 Å². The number of pyridine rings is 1. The molecule has 0 atom stereocenters. The lowest BCUT2D eigenvalue weighted by atomic mass is 10.1. The molecule has 0 amide bonds. The van der Waals surface area contributed by atoms with Crippen LogP contribution in [-0.4, -0.2) is 44.1 Å². The summed E-state index contributed by atoms with van der Waals surface area (Å²) in [7, 11) is 3.20. The maximum absolute atomic E-state index is 5.53. The second-order valence-electron chi connectivity index (χ2n) is 7.76. The smallest absolute Gasteiger partial charge is 0.237 e. The summed E-state index contributed by atoms with van der Waals surface area (Å²) in [4.78, 5) is 8.69. The summed E-state index contributed by atoms with van der Waals surface area (Å²) in [5.74, 6) is 3.36. The number of thioether (sulfide) groups is 1. The van der Waals surface area contributed by atoms with Crippen LogP contribution in [0.4, 0.5) is 0 Å². The second-order valence-corrected chi connectivity index (χ2v) is 8.71. The maximum atomic E-state index is 5.53. The summed E-state index contributed by atoms with van der Waals surface area (Å²) in [5.41, 5.74) is 3.88. The molecule has 0 radical (unpaired) electrons. The van der Waals surface area contributed by atoms with E-state index >= 15 is 0 Å². The monoisotopic (exact) mass is 500 g/mol. The van der Waals surface area contributed by atoms with Gasteiger partial charge in [0.05, 0.1) is 25.5 Å². The Balaban J connectivity index is 1.43. The van der Waals surface area contributed by atoms with Crippen LogP contribution in [0.15, 0.2) is 76.7 Å². The molecule has 0 bridgehead atoms. The van der Waals surface area contributed by atoms with E-state index in [1.165, 1.54) is 17.3 Å². The van der Waals surface area contributed by atoms with E-state index in [-0.39, 0.29) is 0 Å². The number of nitrogens with zero attached hydrogens (tertiary/aromatic N) is 6. The van der Waals surface area contributed by atoms with E-state index in [9.17, 15) is 0 Å². The molecule has 182 valence electrons. The summed E-state index contributed by atoms with van der Waals surface area (Å²) in [6.45, 7) is 2.14. The highest BCUT2D eigenvalue weighted by Gasteiger charge is 2.19. The van der Waals surface area contributed by atoms with Gasteiger partial charge in [-0.1, -0.05) is 36.0 Å². The first-order valence-corrected chi connectivity index (χ1v) is 12.3. The molecule has 0 aliphatic carbocycles. The molecule has 0 aliphatic rings. The quantitative estimate of drug-likeness (QED) is 0.251. The van der Waals surface area contributed by atoms with Crippen LogP contribution < -0.4 is 9.47 Å². The van der Waals surface area contributed by atoms with E-state index in [2.05, 4.69) is 56.5 Å². The number of methoxy groups -OCH3 is 2. The third-order valence-corrected chi connectivity index (χ3v) is 6.53. The number of benzene rings is 2. The average molecular weight is 501 g/mol. The minimum Gasteiger partial charge on any atom is -0.497 e. The van der Waals surface area contributed by atoms with Crippen LogP contribution in [0.3, 0.4) is 0 Å². The van der Waals surface area contributed by atoms with Gasteiger partial charge in [0.15, 0.2) is 11.0 Å². The van der Waals surface area contributed by atoms with Crippen molar-refractivity contribution in [3.05, 3.63) is 78.4 Å². The molecule has 36 heavy (non-hydrogen) atoms. The fourth-order valence-corrected chi connectivity index (χ4v) is 4.49. The number of rotatable bonds is 9. The zero-order valence-electron chi connectivity index (χ0n) is 20.1. The van der Waals surface area contributed by atoms with E-state index in [1.807, 2.05) is 28.8 Å². The van der Waals surface area contributed by atoms with Crippen molar-refractivity contribution in [2.24, 2.45) is 0 Å². The van der Waals surface area contributed by atoms with Crippen molar-refractivity contribution in [3.63, 3.8) is 0 Å². The van der Waals surface area contributed by atoms with Gasteiger partial charge in [0.25, 0.3) is 0 Å². The van der Waals surface area contributed by atoms with Crippen LogP contribution in [0.1, 0.15) is 18.4 Å². The Morgan fingerprint density at radius 3 is 2.47 bits per heavy atom. The molecule has 5 rings (SSSR count).